The maximum absolute atomic E-state index is 9.63. The molecule has 0 saturated carbocycles. The van der Waals surface area contributed by atoms with E-state index >= 15 is 0 Å². The van der Waals surface area contributed by atoms with Crippen LogP contribution in [-0.2, 0) is 6.61 Å². The molecule has 2 nitrogen and oxygen atoms in total. The minimum Gasteiger partial charge on any atom is -0.508 e. The maximum Gasteiger partial charge on any atom is 0.120 e. The molecule has 0 atom stereocenters. The van der Waals surface area contributed by atoms with Crippen LogP contribution in [-0.4, -0.2) is 5.11 Å². The monoisotopic (exact) mass is 326 g/mol. The Bertz CT molecular complexity index is 1060. The molecule has 4 rings (SSSR count). The van der Waals surface area contributed by atoms with Gasteiger partial charge in [-0.3, -0.25) is 0 Å². The van der Waals surface area contributed by atoms with Crippen LogP contribution in [0.5, 0.6) is 11.5 Å². The predicted octanol–water partition coefficient (Wildman–Crippen LogP) is 5.92. The summed E-state index contributed by atoms with van der Waals surface area (Å²) >= 11 is 0. The van der Waals surface area contributed by atoms with Crippen LogP contribution in [0.1, 0.15) is 11.1 Å². The molecule has 1 N–H and O–H groups in total. The number of phenolic OH excluding ortho intramolecular Hbond substituents is 1. The largest absolute Gasteiger partial charge is 0.508 e. The van der Waals surface area contributed by atoms with Gasteiger partial charge < -0.3 is 9.84 Å². The van der Waals surface area contributed by atoms with Crippen LogP contribution in [0.15, 0.2) is 79.4 Å². The van der Waals surface area contributed by atoms with Crippen molar-refractivity contribution in [3.63, 3.8) is 0 Å². The number of hydrogen-bond acceptors (Lipinski definition) is 2. The highest BCUT2D eigenvalue weighted by atomic mass is 16.5. The van der Waals surface area contributed by atoms with Gasteiger partial charge in [-0.2, -0.15) is 0 Å². The van der Waals surface area contributed by atoms with Crippen molar-refractivity contribution < 1.29 is 9.84 Å². The Kier molecular flexibility index (Phi) is 3.87. The van der Waals surface area contributed by atoms with Gasteiger partial charge >= 0.3 is 0 Å². The molecule has 0 radical (unpaired) electrons. The van der Waals surface area contributed by atoms with E-state index in [2.05, 4.69) is 36.9 Å². The molecule has 0 aliphatic rings. The van der Waals surface area contributed by atoms with Crippen molar-refractivity contribution in [3.05, 3.63) is 90.5 Å². The van der Waals surface area contributed by atoms with Crippen molar-refractivity contribution in [2.75, 3.05) is 0 Å². The Labute approximate surface area is 146 Å². The van der Waals surface area contributed by atoms with E-state index in [1.54, 1.807) is 12.1 Å². The molecule has 0 fully saturated rings. The minimum absolute atomic E-state index is 0.286. The summed E-state index contributed by atoms with van der Waals surface area (Å²) in [5.74, 6) is 1.13. The van der Waals surface area contributed by atoms with Gasteiger partial charge in [-0.15, -0.1) is 0 Å². The van der Waals surface area contributed by atoms with Crippen LogP contribution in [0, 0.1) is 0 Å². The standard InChI is InChI=1S/C23H18O2/c1-2-16-3-5-17(6-4-16)15-25-21-10-12-23-19(14-21)8-7-18-13-20(24)9-11-22(18)23/h2-14,24H,1,15H2. The number of aromatic hydroxyl groups is 1. The summed E-state index contributed by atoms with van der Waals surface area (Å²) in [4.78, 5) is 0. The van der Waals surface area contributed by atoms with Crippen molar-refractivity contribution >= 4 is 27.6 Å². The van der Waals surface area contributed by atoms with Crippen LogP contribution >= 0.6 is 0 Å². The maximum atomic E-state index is 9.63. The van der Waals surface area contributed by atoms with E-state index < -0.39 is 0 Å². The highest BCUT2D eigenvalue weighted by Gasteiger charge is 2.04. The minimum atomic E-state index is 0.286. The molecule has 0 bridgehead atoms. The molecular formula is C23H18O2. The first-order valence-electron chi connectivity index (χ1n) is 8.23. The second-order valence-corrected chi connectivity index (χ2v) is 6.09. The summed E-state index contributed by atoms with van der Waals surface area (Å²) in [5.41, 5.74) is 2.23. The third-order valence-electron chi connectivity index (χ3n) is 4.41. The Morgan fingerprint density at radius 3 is 2.20 bits per heavy atom. The molecule has 2 heteroatoms. The topological polar surface area (TPSA) is 29.5 Å². The van der Waals surface area contributed by atoms with Crippen LogP contribution in [0.4, 0.5) is 0 Å². The second-order valence-electron chi connectivity index (χ2n) is 6.09. The van der Waals surface area contributed by atoms with Gasteiger partial charge in [-0.1, -0.05) is 61.2 Å². The molecule has 0 heterocycles. The molecule has 0 amide bonds. The van der Waals surface area contributed by atoms with Crippen molar-refractivity contribution in [1.82, 2.24) is 0 Å². The summed E-state index contributed by atoms with van der Waals surface area (Å²) in [6.45, 7) is 4.30. The number of ether oxygens (including phenoxy) is 1. The summed E-state index contributed by atoms with van der Waals surface area (Å²) in [6, 6.07) is 23.8. The zero-order valence-corrected chi connectivity index (χ0v) is 13.8. The quantitative estimate of drug-likeness (QED) is 0.472. The van der Waals surface area contributed by atoms with Crippen LogP contribution in [0.3, 0.4) is 0 Å². The second kappa shape index (κ2) is 6.33. The van der Waals surface area contributed by atoms with E-state index in [0.29, 0.717) is 6.61 Å². The Hall–Kier alpha value is -3.26. The lowest BCUT2D eigenvalue weighted by Crippen LogP contribution is -1.95. The van der Waals surface area contributed by atoms with Crippen molar-refractivity contribution in [2.24, 2.45) is 0 Å². The summed E-state index contributed by atoms with van der Waals surface area (Å²) < 4.78 is 5.94. The average molecular weight is 326 g/mol. The van der Waals surface area contributed by atoms with Crippen molar-refractivity contribution in [3.8, 4) is 11.5 Å². The summed E-state index contributed by atoms with van der Waals surface area (Å²) in [5, 5.41) is 14.1. The Morgan fingerprint density at radius 2 is 1.48 bits per heavy atom. The molecule has 0 aliphatic heterocycles. The van der Waals surface area contributed by atoms with E-state index in [1.807, 2.05) is 36.4 Å². The molecule has 0 saturated heterocycles. The zero-order chi connectivity index (χ0) is 17.2. The van der Waals surface area contributed by atoms with Gasteiger partial charge in [0.15, 0.2) is 0 Å². The van der Waals surface area contributed by atoms with Crippen LogP contribution < -0.4 is 4.74 Å². The highest BCUT2D eigenvalue weighted by Crippen LogP contribution is 2.30. The Morgan fingerprint density at radius 1 is 0.800 bits per heavy atom. The number of rotatable bonds is 4. The molecule has 25 heavy (non-hydrogen) atoms. The predicted molar refractivity (Wildman–Crippen MR) is 104 cm³/mol. The van der Waals surface area contributed by atoms with Crippen molar-refractivity contribution in [2.45, 2.75) is 6.61 Å². The number of fused-ring (bicyclic) bond motifs is 3. The number of benzene rings is 4. The van der Waals surface area contributed by atoms with Gasteiger partial charge in [0.25, 0.3) is 0 Å². The van der Waals surface area contributed by atoms with Gasteiger partial charge in [0.1, 0.15) is 18.1 Å². The van der Waals surface area contributed by atoms with Gasteiger partial charge in [0.2, 0.25) is 0 Å². The smallest absolute Gasteiger partial charge is 0.120 e. The average Bonchev–Trinajstić information content (AvgIpc) is 2.66. The van der Waals surface area contributed by atoms with Gasteiger partial charge in [-0.25, -0.2) is 0 Å². The van der Waals surface area contributed by atoms with E-state index in [4.69, 9.17) is 4.74 Å². The molecule has 4 aromatic rings. The highest BCUT2D eigenvalue weighted by molar-refractivity contribution is 6.08. The third-order valence-corrected chi connectivity index (χ3v) is 4.41. The molecule has 0 spiro atoms. The molecule has 122 valence electrons. The fraction of sp³-hybridized carbons (Fsp3) is 0.0435. The fourth-order valence-corrected chi connectivity index (χ4v) is 3.04. The zero-order valence-electron chi connectivity index (χ0n) is 13.8. The fourth-order valence-electron chi connectivity index (χ4n) is 3.04. The van der Waals surface area contributed by atoms with Gasteiger partial charge in [-0.05, 0) is 56.9 Å². The normalized spacial score (nSPS) is 10.9. The Balaban J connectivity index is 1.61. The summed E-state index contributed by atoms with van der Waals surface area (Å²) in [6.07, 6.45) is 1.83. The first-order chi connectivity index (χ1) is 12.2. The SMILES string of the molecule is C=Cc1ccc(COc2ccc3c(ccc4cc(O)ccc43)c2)cc1. The number of phenols is 1. The van der Waals surface area contributed by atoms with E-state index in [0.717, 1.165) is 38.4 Å². The molecule has 4 aromatic carbocycles. The van der Waals surface area contributed by atoms with E-state index in [-0.39, 0.29) is 5.75 Å². The lowest BCUT2D eigenvalue weighted by molar-refractivity contribution is 0.306. The molecule has 0 aliphatic carbocycles. The lowest BCUT2D eigenvalue weighted by atomic mass is 10.0. The van der Waals surface area contributed by atoms with Gasteiger partial charge in [0, 0.05) is 0 Å². The number of hydrogen-bond donors (Lipinski definition) is 1. The summed E-state index contributed by atoms with van der Waals surface area (Å²) in [7, 11) is 0. The van der Waals surface area contributed by atoms with Crippen LogP contribution in [0.25, 0.3) is 27.6 Å². The first-order valence-corrected chi connectivity index (χ1v) is 8.23. The third kappa shape index (κ3) is 3.07. The van der Waals surface area contributed by atoms with Gasteiger partial charge in [0.05, 0.1) is 0 Å². The van der Waals surface area contributed by atoms with Crippen molar-refractivity contribution in [1.29, 1.82) is 0 Å². The van der Waals surface area contributed by atoms with E-state index in [1.165, 1.54) is 0 Å². The molecule has 0 aromatic heterocycles. The van der Waals surface area contributed by atoms with E-state index in [9.17, 15) is 5.11 Å². The first kappa shape index (κ1) is 15.3. The molecule has 0 unspecified atom stereocenters. The molecular weight excluding hydrogens is 308 g/mol. The lowest BCUT2D eigenvalue weighted by Gasteiger charge is -2.09. The van der Waals surface area contributed by atoms with Crippen LogP contribution in [0.2, 0.25) is 0 Å².